The highest BCUT2D eigenvalue weighted by Crippen LogP contribution is 2.39. The Labute approximate surface area is 123 Å². The molecule has 0 radical (unpaired) electrons. The van der Waals surface area contributed by atoms with Crippen molar-refractivity contribution < 1.29 is 27.9 Å². The van der Waals surface area contributed by atoms with Crippen molar-refractivity contribution >= 4 is 23.6 Å². The number of halogens is 3. The number of benzene rings is 1. The minimum Gasteiger partial charge on any atom is -0.480 e. The molecule has 4 nitrogen and oxygen atoms in total. The molecule has 0 unspecified atom stereocenters. The zero-order chi connectivity index (χ0) is 16.4. The maximum atomic E-state index is 12.5. The fourth-order valence-corrected chi connectivity index (χ4v) is 2.10. The molecule has 21 heavy (non-hydrogen) atoms. The topological polar surface area (TPSA) is 57.6 Å². The number of hydrogen-bond acceptors (Lipinski definition) is 3. The Morgan fingerprint density at radius 1 is 1.19 bits per heavy atom. The average Bonchev–Trinajstić information content (AvgIpc) is 2.35. The Morgan fingerprint density at radius 2 is 1.71 bits per heavy atom. The zero-order valence-electron chi connectivity index (χ0n) is 11.6. The number of thioether (sulfide) groups is 1. The Hall–Kier alpha value is -1.70. The first-order chi connectivity index (χ1) is 9.47. The third kappa shape index (κ3) is 4.13. The molecule has 116 valence electrons. The third-order valence-electron chi connectivity index (χ3n) is 3.01. The molecule has 0 bridgehead atoms. The van der Waals surface area contributed by atoms with Gasteiger partial charge in [-0.1, -0.05) is 12.1 Å². The number of rotatable bonds is 4. The van der Waals surface area contributed by atoms with Gasteiger partial charge in [-0.15, -0.1) is 0 Å². The summed E-state index contributed by atoms with van der Waals surface area (Å²) in [6.45, 7) is 2.60. The number of carbonyl (C=O) groups is 2. The lowest BCUT2D eigenvalue weighted by atomic mass is 10.0. The Morgan fingerprint density at radius 3 is 2.19 bits per heavy atom. The monoisotopic (exact) mass is 321 g/mol. The van der Waals surface area contributed by atoms with Crippen LogP contribution in [0.2, 0.25) is 0 Å². The molecule has 0 spiro atoms. The van der Waals surface area contributed by atoms with Gasteiger partial charge in [0.05, 0.1) is 5.56 Å². The van der Waals surface area contributed by atoms with Crippen LogP contribution < -0.4 is 0 Å². The first-order valence-electron chi connectivity index (χ1n) is 5.83. The minimum absolute atomic E-state index is 0.184. The lowest BCUT2D eigenvalue weighted by Gasteiger charge is -2.32. The van der Waals surface area contributed by atoms with Gasteiger partial charge >= 0.3 is 11.5 Å². The summed E-state index contributed by atoms with van der Waals surface area (Å²) in [5, 5.41) is 9.08. The largest absolute Gasteiger partial charge is 0.480 e. The van der Waals surface area contributed by atoms with E-state index in [2.05, 4.69) is 0 Å². The molecule has 8 heteroatoms. The van der Waals surface area contributed by atoms with Crippen LogP contribution in [-0.2, 0) is 4.79 Å². The normalized spacial score (nSPS) is 12.1. The molecule has 0 aliphatic heterocycles. The second-order valence-corrected chi connectivity index (χ2v) is 5.88. The lowest BCUT2D eigenvalue weighted by molar-refractivity contribution is -0.147. The second kappa shape index (κ2) is 5.97. The molecule has 1 rings (SSSR count). The predicted octanol–water partition coefficient (Wildman–Crippen LogP) is 3.23. The maximum Gasteiger partial charge on any atom is 0.446 e. The molecule has 0 aliphatic carbocycles. The van der Waals surface area contributed by atoms with Crippen molar-refractivity contribution in [1.29, 1.82) is 0 Å². The van der Waals surface area contributed by atoms with Crippen molar-refractivity contribution in [1.82, 2.24) is 4.90 Å². The van der Waals surface area contributed by atoms with Gasteiger partial charge in [-0.25, -0.2) is 4.79 Å². The fourth-order valence-electron chi connectivity index (χ4n) is 1.44. The average molecular weight is 321 g/mol. The fraction of sp³-hybridized carbons (Fsp3) is 0.385. The highest BCUT2D eigenvalue weighted by atomic mass is 32.2. The van der Waals surface area contributed by atoms with Crippen molar-refractivity contribution in [3.63, 3.8) is 0 Å². The molecule has 0 atom stereocenters. The van der Waals surface area contributed by atoms with Gasteiger partial charge in [0.25, 0.3) is 5.91 Å². The Balaban J connectivity index is 3.17. The first-order valence-corrected chi connectivity index (χ1v) is 6.65. The van der Waals surface area contributed by atoms with E-state index >= 15 is 0 Å². The summed E-state index contributed by atoms with van der Waals surface area (Å²) in [5.41, 5.74) is -6.25. The number of carbonyl (C=O) groups excluding carboxylic acids is 1. The van der Waals surface area contributed by atoms with Gasteiger partial charge in [0.15, 0.2) is 0 Å². The molecule has 0 saturated heterocycles. The summed E-state index contributed by atoms with van der Waals surface area (Å²) in [7, 11) is 1.24. The smallest absolute Gasteiger partial charge is 0.446 e. The van der Waals surface area contributed by atoms with Gasteiger partial charge in [0, 0.05) is 11.9 Å². The van der Waals surface area contributed by atoms with Crippen molar-refractivity contribution in [3.8, 4) is 0 Å². The first kappa shape index (κ1) is 17.4. The van der Waals surface area contributed by atoms with E-state index < -0.39 is 34.7 Å². The number of hydrogen-bond donors (Lipinski definition) is 1. The van der Waals surface area contributed by atoms with Crippen LogP contribution in [0.5, 0.6) is 0 Å². The van der Waals surface area contributed by atoms with E-state index in [9.17, 15) is 22.8 Å². The quantitative estimate of drug-likeness (QED) is 0.865. The van der Waals surface area contributed by atoms with Gasteiger partial charge < -0.3 is 10.0 Å². The number of nitrogens with zero attached hydrogens (tertiary/aromatic N) is 1. The summed E-state index contributed by atoms with van der Waals surface area (Å²) in [5.74, 6) is -2.03. The summed E-state index contributed by atoms with van der Waals surface area (Å²) >= 11 is -0.403. The van der Waals surface area contributed by atoms with Crippen LogP contribution in [0.15, 0.2) is 29.2 Å². The lowest BCUT2D eigenvalue weighted by Crippen LogP contribution is -2.50. The maximum absolute atomic E-state index is 12.5. The van der Waals surface area contributed by atoms with Crippen LogP contribution in [0.4, 0.5) is 13.2 Å². The second-order valence-electron chi connectivity index (χ2n) is 4.77. The molecule has 0 aromatic heterocycles. The number of amides is 1. The summed E-state index contributed by atoms with van der Waals surface area (Å²) in [6, 6.07) is 5.22. The summed E-state index contributed by atoms with van der Waals surface area (Å²) in [6.07, 6.45) is 0. The molecular weight excluding hydrogens is 307 g/mol. The number of likely N-dealkylation sites (N-methyl/N-ethyl adjacent to an activating group) is 1. The highest BCUT2D eigenvalue weighted by Gasteiger charge is 2.37. The van der Waals surface area contributed by atoms with E-state index in [1.165, 1.54) is 45.2 Å². The molecule has 0 saturated carbocycles. The number of carboxylic acid groups (broad SMARTS) is 1. The van der Waals surface area contributed by atoms with Crippen molar-refractivity contribution in [2.75, 3.05) is 7.05 Å². The molecule has 0 heterocycles. The Bertz CT molecular complexity index is 558. The molecule has 0 aliphatic rings. The summed E-state index contributed by atoms with van der Waals surface area (Å²) < 4.78 is 37.5. The number of alkyl halides is 3. The third-order valence-corrected chi connectivity index (χ3v) is 3.82. The number of aliphatic carboxylic acids is 1. The highest BCUT2D eigenvalue weighted by molar-refractivity contribution is 8.00. The number of carboxylic acids is 1. The van der Waals surface area contributed by atoms with Crippen LogP contribution in [0, 0.1) is 0 Å². The SMILES string of the molecule is CN(C(=O)c1ccccc1SC(F)(F)F)C(C)(C)C(=O)O. The Kier molecular flexibility index (Phi) is 4.93. The minimum atomic E-state index is -4.53. The van der Waals surface area contributed by atoms with Gasteiger partial charge in [-0.3, -0.25) is 4.79 Å². The molecule has 0 fully saturated rings. The van der Waals surface area contributed by atoms with Crippen LogP contribution in [0.1, 0.15) is 24.2 Å². The van der Waals surface area contributed by atoms with E-state index in [1.54, 1.807) is 0 Å². The van der Waals surface area contributed by atoms with E-state index in [1.807, 2.05) is 0 Å². The standard InChI is InChI=1S/C13H14F3NO3S/c1-12(2,11(19)20)17(3)10(18)8-6-4-5-7-9(8)21-13(14,15)16/h4-7H,1-3H3,(H,19,20). The van der Waals surface area contributed by atoms with Crippen molar-refractivity contribution in [3.05, 3.63) is 29.8 Å². The van der Waals surface area contributed by atoms with Gasteiger partial charge in [0.2, 0.25) is 0 Å². The molecule has 1 aromatic carbocycles. The van der Waals surface area contributed by atoms with Gasteiger partial charge in [-0.2, -0.15) is 13.2 Å². The molecule has 1 aromatic rings. The van der Waals surface area contributed by atoms with E-state index in [-0.39, 0.29) is 10.5 Å². The van der Waals surface area contributed by atoms with Crippen LogP contribution in [0.25, 0.3) is 0 Å². The molecular formula is C13H14F3NO3S. The van der Waals surface area contributed by atoms with Crippen LogP contribution in [0.3, 0.4) is 0 Å². The zero-order valence-corrected chi connectivity index (χ0v) is 12.4. The van der Waals surface area contributed by atoms with Crippen LogP contribution >= 0.6 is 11.8 Å². The van der Waals surface area contributed by atoms with E-state index in [4.69, 9.17) is 5.11 Å². The van der Waals surface area contributed by atoms with Gasteiger partial charge in [-0.05, 0) is 37.7 Å². The molecule has 1 N–H and O–H groups in total. The van der Waals surface area contributed by atoms with E-state index in [0.29, 0.717) is 0 Å². The van der Waals surface area contributed by atoms with Gasteiger partial charge in [0.1, 0.15) is 5.54 Å². The van der Waals surface area contributed by atoms with Crippen molar-refractivity contribution in [2.45, 2.75) is 29.8 Å². The van der Waals surface area contributed by atoms with E-state index in [0.717, 1.165) is 4.90 Å². The summed E-state index contributed by atoms with van der Waals surface area (Å²) in [4.78, 5) is 24.1. The van der Waals surface area contributed by atoms with Crippen molar-refractivity contribution in [2.24, 2.45) is 0 Å². The predicted molar refractivity (Wildman–Crippen MR) is 72.2 cm³/mol. The van der Waals surface area contributed by atoms with Crippen LogP contribution in [-0.4, -0.2) is 40.0 Å². The molecule has 1 amide bonds.